The van der Waals surface area contributed by atoms with Crippen LogP contribution in [0.2, 0.25) is 0 Å². The smallest absolute Gasteiger partial charge is 0.241 e. The van der Waals surface area contributed by atoms with Crippen molar-refractivity contribution in [3.8, 4) is 0 Å². The average molecular weight is 234 g/mol. The van der Waals surface area contributed by atoms with Crippen LogP contribution in [0.3, 0.4) is 0 Å². The highest BCUT2D eigenvalue weighted by molar-refractivity contribution is 5.97. The Hall–Kier alpha value is -1.62. The largest absolute Gasteiger partial charge is 0.361 e. The van der Waals surface area contributed by atoms with E-state index in [-0.39, 0.29) is 11.9 Å². The Morgan fingerprint density at radius 1 is 1.59 bits per heavy atom. The van der Waals surface area contributed by atoms with Crippen molar-refractivity contribution in [1.82, 2.24) is 10.3 Å². The summed E-state index contributed by atoms with van der Waals surface area (Å²) in [6.45, 7) is 0.922. The Balaban J connectivity index is 2.09. The van der Waals surface area contributed by atoms with Crippen LogP contribution in [-0.4, -0.2) is 37.6 Å². The fourth-order valence-electron chi connectivity index (χ4n) is 1.98. The summed E-state index contributed by atoms with van der Waals surface area (Å²) in [5.74, 6) is 0.803. The molecule has 1 fully saturated rings. The first-order valence-electron chi connectivity index (χ1n) is 5.85. The highest BCUT2D eigenvalue weighted by atomic mass is 16.2. The van der Waals surface area contributed by atoms with Gasteiger partial charge in [0, 0.05) is 20.3 Å². The van der Waals surface area contributed by atoms with Crippen LogP contribution in [0.4, 0.5) is 11.5 Å². The van der Waals surface area contributed by atoms with Crippen molar-refractivity contribution in [1.29, 1.82) is 0 Å². The highest BCUT2D eigenvalue weighted by Crippen LogP contribution is 2.21. The lowest BCUT2D eigenvalue weighted by molar-refractivity contribution is -0.117. The number of amides is 1. The van der Waals surface area contributed by atoms with E-state index < -0.39 is 0 Å². The van der Waals surface area contributed by atoms with Crippen molar-refractivity contribution in [2.75, 3.05) is 30.9 Å². The lowest BCUT2D eigenvalue weighted by Gasteiger charge is -2.17. The van der Waals surface area contributed by atoms with Gasteiger partial charge in [-0.1, -0.05) is 0 Å². The number of anilines is 2. The Bertz CT molecular complexity index is 399. The van der Waals surface area contributed by atoms with Gasteiger partial charge in [0.1, 0.15) is 0 Å². The predicted octanol–water partition coefficient (Wildman–Crippen LogP) is 0.838. The molecule has 92 valence electrons. The molecule has 0 radical (unpaired) electrons. The maximum atomic E-state index is 12.0. The quantitative estimate of drug-likeness (QED) is 0.813. The van der Waals surface area contributed by atoms with E-state index in [9.17, 15) is 4.79 Å². The zero-order chi connectivity index (χ0) is 12.3. The van der Waals surface area contributed by atoms with Gasteiger partial charge in [0.05, 0.1) is 11.7 Å². The molecule has 1 aromatic rings. The van der Waals surface area contributed by atoms with Gasteiger partial charge in [-0.3, -0.25) is 4.79 Å². The topological polar surface area (TPSA) is 57.3 Å². The predicted molar refractivity (Wildman–Crippen MR) is 68.2 cm³/mol. The molecule has 0 aromatic carbocycles. The summed E-state index contributed by atoms with van der Waals surface area (Å²) >= 11 is 0. The van der Waals surface area contributed by atoms with E-state index in [1.165, 1.54) is 0 Å². The van der Waals surface area contributed by atoms with Gasteiger partial charge in [0.15, 0.2) is 5.82 Å². The zero-order valence-electron chi connectivity index (χ0n) is 10.2. The third-order valence-electron chi connectivity index (χ3n) is 2.84. The summed E-state index contributed by atoms with van der Waals surface area (Å²) in [7, 11) is 3.82. The summed E-state index contributed by atoms with van der Waals surface area (Å²) < 4.78 is 0. The number of rotatable bonds is 3. The molecule has 2 N–H and O–H groups in total. The van der Waals surface area contributed by atoms with Crippen molar-refractivity contribution >= 4 is 17.4 Å². The van der Waals surface area contributed by atoms with Crippen LogP contribution in [0.5, 0.6) is 0 Å². The van der Waals surface area contributed by atoms with E-state index in [0.717, 1.165) is 30.9 Å². The number of nitrogens with zero attached hydrogens (tertiary/aromatic N) is 2. The van der Waals surface area contributed by atoms with Crippen molar-refractivity contribution in [3.05, 3.63) is 18.3 Å². The van der Waals surface area contributed by atoms with Crippen LogP contribution in [0.25, 0.3) is 0 Å². The van der Waals surface area contributed by atoms with Crippen LogP contribution in [0, 0.1) is 0 Å². The van der Waals surface area contributed by atoms with Crippen LogP contribution in [-0.2, 0) is 4.79 Å². The second-order valence-electron chi connectivity index (χ2n) is 4.41. The molecular weight excluding hydrogens is 216 g/mol. The maximum absolute atomic E-state index is 12.0. The molecule has 0 aliphatic carbocycles. The highest BCUT2D eigenvalue weighted by Gasteiger charge is 2.22. The molecular formula is C12H18N4O. The lowest BCUT2D eigenvalue weighted by atomic mass is 10.2. The van der Waals surface area contributed by atoms with Gasteiger partial charge in [-0.25, -0.2) is 4.98 Å². The molecule has 5 nitrogen and oxygen atoms in total. The number of aromatic nitrogens is 1. The van der Waals surface area contributed by atoms with E-state index in [1.54, 1.807) is 6.20 Å². The number of pyridine rings is 1. The van der Waals surface area contributed by atoms with E-state index in [1.807, 2.05) is 31.1 Å². The summed E-state index contributed by atoms with van der Waals surface area (Å²) in [6, 6.07) is 3.63. The van der Waals surface area contributed by atoms with Gasteiger partial charge in [0.2, 0.25) is 5.91 Å². The first-order chi connectivity index (χ1) is 8.18. The first-order valence-corrected chi connectivity index (χ1v) is 5.85. The van der Waals surface area contributed by atoms with Crippen molar-refractivity contribution in [3.63, 3.8) is 0 Å². The number of hydrogen-bond donors (Lipinski definition) is 2. The fourth-order valence-corrected chi connectivity index (χ4v) is 1.98. The van der Waals surface area contributed by atoms with E-state index in [4.69, 9.17) is 0 Å². The molecule has 2 rings (SSSR count). The molecule has 1 aliphatic heterocycles. The lowest BCUT2D eigenvalue weighted by Crippen LogP contribution is -2.35. The van der Waals surface area contributed by atoms with Crippen molar-refractivity contribution < 1.29 is 4.79 Å². The molecule has 1 amide bonds. The molecule has 2 heterocycles. The molecule has 1 aromatic heterocycles. The van der Waals surface area contributed by atoms with Crippen molar-refractivity contribution in [2.24, 2.45) is 0 Å². The minimum absolute atomic E-state index is 0.0265. The van der Waals surface area contributed by atoms with Crippen LogP contribution in [0.15, 0.2) is 18.3 Å². The third kappa shape index (κ3) is 2.74. The minimum Gasteiger partial charge on any atom is -0.361 e. The third-order valence-corrected chi connectivity index (χ3v) is 2.84. The van der Waals surface area contributed by atoms with Gasteiger partial charge in [-0.15, -0.1) is 0 Å². The molecule has 0 unspecified atom stereocenters. The molecule has 0 spiro atoms. The second-order valence-corrected chi connectivity index (χ2v) is 4.41. The summed E-state index contributed by atoms with van der Waals surface area (Å²) in [5, 5.41) is 6.11. The van der Waals surface area contributed by atoms with Gasteiger partial charge in [-0.2, -0.15) is 0 Å². The second kappa shape index (κ2) is 5.14. The normalized spacial score (nSPS) is 19.1. The molecule has 5 heteroatoms. The monoisotopic (exact) mass is 234 g/mol. The summed E-state index contributed by atoms with van der Waals surface area (Å²) in [6.07, 6.45) is 3.69. The summed E-state index contributed by atoms with van der Waals surface area (Å²) in [5.41, 5.74) is 0.760. The Morgan fingerprint density at radius 2 is 2.41 bits per heavy atom. The Labute approximate surface area is 101 Å². The SMILES string of the molecule is CN(C)c1ncccc1NC(=O)[C@H]1CCCN1. The molecule has 17 heavy (non-hydrogen) atoms. The van der Waals surface area contributed by atoms with Gasteiger partial charge in [-0.05, 0) is 31.5 Å². The van der Waals surface area contributed by atoms with Crippen LogP contribution in [0.1, 0.15) is 12.8 Å². The summed E-state index contributed by atoms with van der Waals surface area (Å²) in [4.78, 5) is 18.1. The zero-order valence-corrected chi connectivity index (χ0v) is 10.2. The van der Waals surface area contributed by atoms with Crippen LogP contribution < -0.4 is 15.5 Å². The number of nitrogens with one attached hydrogen (secondary N) is 2. The maximum Gasteiger partial charge on any atom is 0.241 e. The van der Waals surface area contributed by atoms with Gasteiger partial charge < -0.3 is 15.5 Å². The molecule has 0 bridgehead atoms. The average Bonchev–Trinajstić information content (AvgIpc) is 2.83. The van der Waals surface area contributed by atoms with Crippen LogP contribution >= 0.6 is 0 Å². The molecule has 0 saturated carbocycles. The first kappa shape index (κ1) is 11.9. The molecule has 1 saturated heterocycles. The minimum atomic E-state index is -0.0646. The van der Waals surface area contributed by atoms with Crippen molar-refractivity contribution in [2.45, 2.75) is 18.9 Å². The number of hydrogen-bond acceptors (Lipinski definition) is 4. The molecule has 1 atom stereocenters. The van der Waals surface area contributed by atoms with E-state index in [2.05, 4.69) is 15.6 Å². The number of carbonyl (C=O) groups is 1. The standard InChI is InChI=1S/C12H18N4O/c1-16(2)11-9(5-3-8-14-11)15-12(17)10-6-4-7-13-10/h3,5,8,10,13H,4,6-7H2,1-2H3,(H,15,17)/t10-/m1/s1. The Kier molecular flexibility index (Phi) is 3.58. The van der Waals surface area contributed by atoms with Gasteiger partial charge >= 0.3 is 0 Å². The van der Waals surface area contributed by atoms with E-state index in [0.29, 0.717) is 0 Å². The fraction of sp³-hybridized carbons (Fsp3) is 0.500. The molecule has 1 aliphatic rings. The van der Waals surface area contributed by atoms with E-state index >= 15 is 0 Å². The Morgan fingerprint density at radius 3 is 3.06 bits per heavy atom. The van der Waals surface area contributed by atoms with Gasteiger partial charge in [0.25, 0.3) is 0 Å². The number of carbonyl (C=O) groups excluding carboxylic acids is 1.